The smallest absolute Gasteiger partial charge is 0.240 e. The molecule has 0 bridgehead atoms. The molecule has 3 aliphatic rings. The van der Waals surface area contributed by atoms with E-state index >= 15 is 0 Å². The first-order chi connectivity index (χ1) is 18.0. The SMILES string of the molecule is O=C(c1ccc(F)cc1)[C@@H]1[C@@H]2C(=O)N(c3ccc4ccccc4c3)C(=O)[C@@H]2[C@@H]2c3ccccc3C=NN12. The number of anilines is 1. The fraction of sp³-hybridized carbons (Fsp3) is 0.133. The Bertz CT molecular complexity index is 1650. The molecule has 0 unspecified atom stereocenters. The lowest BCUT2D eigenvalue weighted by Crippen LogP contribution is -2.44. The third-order valence-corrected chi connectivity index (χ3v) is 7.68. The summed E-state index contributed by atoms with van der Waals surface area (Å²) in [6.07, 6.45) is 1.66. The molecule has 6 nitrogen and oxygen atoms in total. The number of hydrogen-bond donors (Lipinski definition) is 0. The van der Waals surface area contributed by atoms with Gasteiger partial charge in [-0.25, -0.2) is 9.29 Å². The monoisotopic (exact) mass is 489 g/mol. The summed E-state index contributed by atoms with van der Waals surface area (Å²) in [5.41, 5.74) is 2.45. The van der Waals surface area contributed by atoms with Crippen molar-refractivity contribution in [1.82, 2.24) is 5.01 Å². The first-order valence-corrected chi connectivity index (χ1v) is 12.1. The van der Waals surface area contributed by atoms with Crippen molar-refractivity contribution < 1.29 is 18.8 Å². The van der Waals surface area contributed by atoms with Crippen LogP contribution < -0.4 is 4.90 Å². The number of halogens is 1. The van der Waals surface area contributed by atoms with E-state index in [9.17, 15) is 18.8 Å². The fourth-order valence-corrected chi connectivity index (χ4v) is 6.02. The van der Waals surface area contributed by atoms with Gasteiger partial charge >= 0.3 is 0 Å². The number of carbonyl (C=O) groups excluding carboxylic acids is 3. The summed E-state index contributed by atoms with van der Waals surface area (Å²) in [7, 11) is 0. The van der Waals surface area contributed by atoms with E-state index < -0.39 is 35.6 Å². The second-order valence-corrected chi connectivity index (χ2v) is 9.61. The predicted octanol–water partition coefficient (Wildman–Crippen LogP) is 4.74. The molecule has 2 fully saturated rings. The molecule has 0 saturated carbocycles. The Hall–Kier alpha value is -4.65. The molecule has 4 aromatic rings. The van der Waals surface area contributed by atoms with Crippen molar-refractivity contribution in [3.63, 3.8) is 0 Å². The highest BCUT2D eigenvalue weighted by atomic mass is 19.1. The third-order valence-electron chi connectivity index (χ3n) is 7.68. The largest absolute Gasteiger partial charge is 0.292 e. The van der Waals surface area contributed by atoms with E-state index in [-0.39, 0.29) is 17.3 Å². The number of amides is 2. The van der Waals surface area contributed by atoms with Crippen LogP contribution in [-0.2, 0) is 9.59 Å². The zero-order chi connectivity index (χ0) is 25.3. The van der Waals surface area contributed by atoms with Crippen molar-refractivity contribution in [3.8, 4) is 0 Å². The van der Waals surface area contributed by atoms with E-state index in [2.05, 4.69) is 5.10 Å². The quantitative estimate of drug-likeness (QED) is 0.308. The van der Waals surface area contributed by atoms with Gasteiger partial charge in [-0.1, -0.05) is 54.6 Å². The van der Waals surface area contributed by atoms with Crippen LogP contribution in [0.4, 0.5) is 10.1 Å². The van der Waals surface area contributed by atoms with Crippen molar-refractivity contribution in [3.05, 3.63) is 114 Å². The van der Waals surface area contributed by atoms with E-state index in [0.717, 1.165) is 21.9 Å². The molecule has 2 amide bonds. The molecule has 4 atom stereocenters. The summed E-state index contributed by atoms with van der Waals surface area (Å²) in [6, 6.07) is 24.5. The number of ketones is 1. The van der Waals surface area contributed by atoms with Gasteiger partial charge in [-0.05, 0) is 58.3 Å². The maximum absolute atomic E-state index is 14.0. The average molecular weight is 490 g/mol. The van der Waals surface area contributed by atoms with Gasteiger partial charge in [0.25, 0.3) is 0 Å². The molecule has 2 saturated heterocycles. The van der Waals surface area contributed by atoms with Crippen LogP contribution >= 0.6 is 0 Å². The first-order valence-electron chi connectivity index (χ1n) is 12.1. The minimum atomic E-state index is -0.994. The van der Waals surface area contributed by atoms with Gasteiger partial charge in [-0.15, -0.1) is 0 Å². The van der Waals surface area contributed by atoms with E-state index in [4.69, 9.17) is 0 Å². The Morgan fingerprint density at radius 2 is 1.49 bits per heavy atom. The number of hydrogen-bond acceptors (Lipinski definition) is 5. The van der Waals surface area contributed by atoms with Gasteiger partial charge in [-0.2, -0.15) is 5.10 Å². The van der Waals surface area contributed by atoms with E-state index in [1.807, 2.05) is 60.7 Å². The normalized spacial score (nSPS) is 23.8. The molecule has 7 heteroatoms. The van der Waals surface area contributed by atoms with Crippen LogP contribution in [0.3, 0.4) is 0 Å². The van der Waals surface area contributed by atoms with Gasteiger partial charge < -0.3 is 0 Å². The lowest BCUT2D eigenvalue weighted by Gasteiger charge is -2.33. The highest BCUT2D eigenvalue weighted by molar-refractivity contribution is 6.25. The van der Waals surface area contributed by atoms with E-state index in [1.54, 1.807) is 17.3 Å². The third kappa shape index (κ3) is 3.10. The molecule has 7 rings (SSSR count). The van der Waals surface area contributed by atoms with Gasteiger partial charge in [0.1, 0.15) is 11.9 Å². The number of benzene rings is 4. The Morgan fingerprint density at radius 1 is 0.784 bits per heavy atom. The number of rotatable bonds is 3. The highest BCUT2D eigenvalue weighted by Crippen LogP contribution is 2.53. The molecule has 180 valence electrons. The molecule has 3 aliphatic heterocycles. The molecular weight excluding hydrogens is 469 g/mol. The van der Waals surface area contributed by atoms with Crippen molar-refractivity contribution in [2.24, 2.45) is 16.9 Å². The van der Waals surface area contributed by atoms with Crippen molar-refractivity contribution >= 4 is 40.3 Å². The minimum absolute atomic E-state index is 0.268. The number of carbonyl (C=O) groups is 3. The van der Waals surface area contributed by atoms with E-state index in [1.165, 1.54) is 29.2 Å². The second-order valence-electron chi connectivity index (χ2n) is 9.61. The molecule has 0 spiro atoms. The molecule has 37 heavy (non-hydrogen) atoms. The maximum Gasteiger partial charge on any atom is 0.240 e. The van der Waals surface area contributed by atoms with Gasteiger partial charge in [0, 0.05) is 5.56 Å². The zero-order valence-corrected chi connectivity index (χ0v) is 19.5. The molecule has 4 aromatic carbocycles. The molecule has 3 heterocycles. The number of Topliss-reactive ketones (excluding diaryl/α,β-unsaturated/α-hetero) is 1. The Kier molecular flexibility index (Phi) is 4.63. The summed E-state index contributed by atoms with van der Waals surface area (Å²) in [4.78, 5) is 43.1. The lowest BCUT2D eigenvalue weighted by atomic mass is 9.83. The standard InChI is InChI=1S/C30H20FN3O3/c31-21-12-9-18(10-13-21)28(35)27-25-24(26-23-8-4-3-7-20(23)16-32-34(26)27)29(36)33(30(25)37)22-14-11-17-5-1-2-6-19(17)15-22/h1-16,24-27H/t24-,25+,26-,27-/m0/s1. The summed E-state index contributed by atoms with van der Waals surface area (Å²) in [5.74, 6) is -3.31. The van der Waals surface area contributed by atoms with Crippen molar-refractivity contribution in [1.29, 1.82) is 0 Å². The maximum atomic E-state index is 14.0. The van der Waals surface area contributed by atoms with Gasteiger partial charge in [-0.3, -0.25) is 19.4 Å². The van der Waals surface area contributed by atoms with Gasteiger partial charge in [0.15, 0.2) is 5.78 Å². The molecule has 0 N–H and O–H groups in total. The molecule has 0 radical (unpaired) electrons. The van der Waals surface area contributed by atoms with Crippen LogP contribution in [-0.4, -0.2) is 34.9 Å². The number of imide groups is 1. The van der Waals surface area contributed by atoms with Crippen molar-refractivity contribution in [2.45, 2.75) is 12.1 Å². The van der Waals surface area contributed by atoms with E-state index in [0.29, 0.717) is 5.69 Å². The number of nitrogens with zero attached hydrogens (tertiary/aromatic N) is 3. The second kappa shape index (κ2) is 7.93. The highest BCUT2D eigenvalue weighted by Gasteiger charge is 2.65. The van der Waals surface area contributed by atoms with Crippen LogP contribution in [0.15, 0.2) is 96.1 Å². The Labute approximate surface area is 211 Å². The number of hydrazone groups is 1. The Morgan fingerprint density at radius 3 is 2.30 bits per heavy atom. The predicted molar refractivity (Wildman–Crippen MR) is 137 cm³/mol. The van der Waals surface area contributed by atoms with Crippen LogP contribution in [0.2, 0.25) is 0 Å². The summed E-state index contributed by atoms with van der Waals surface area (Å²) >= 11 is 0. The van der Waals surface area contributed by atoms with Crippen LogP contribution in [0.1, 0.15) is 27.5 Å². The molecular formula is C30H20FN3O3. The summed E-state index contributed by atoms with van der Waals surface area (Å²) < 4.78 is 13.6. The molecule has 0 aliphatic carbocycles. The van der Waals surface area contributed by atoms with Crippen molar-refractivity contribution in [2.75, 3.05) is 4.90 Å². The average Bonchev–Trinajstić information content (AvgIpc) is 3.40. The summed E-state index contributed by atoms with van der Waals surface area (Å²) in [5, 5.41) is 8.07. The van der Waals surface area contributed by atoms with Gasteiger partial charge in [0.2, 0.25) is 11.8 Å². The zero-order valence-electron chi connectivity index (χ0n) is 19.5. The number of fused-ring (bicyclic) bond motifs is 6. The lowest BCUT2D eigenvalue weighted by molar-refractivity contribution is -0.124. The van der Waals surface area contributed by atoms with Crippen LogP contribution in [0, 0.1) is 17.7 Å². The van der Waals surface area contributed by atoms with Crippen LogP contribution in [0.25, 0.3) is 10.8 Å². The minimum Gasteiger partial charge on any atom is -0.292 e. The topological polar surface area (TPSA) is 70.0 Å². The Balaban J connectivity index is 1.37. The molecule has 0 aromatic heterocycles. The van der Waals surface area contributed by atoms with Gasteiger partial charge in [0.05, 0.1) is 29.8 Å². The first kappa shape index (κ1) is 21.6. The van der Waals surface area contributed by atoms with Crippen LogP contribution in [0.5, 0.6) is 0 Å². The summed E-state index contributed by atoms with van der Waals surface area (Å²) in [6.45, 7) is 0. The fourth-order valence-electron chi connectivity index (χ4n) is 6.02.